The predicted octanol–water partition coefficient (Wildman–Crippen LogP) is -1.30. The third kappa shape index (κ3) is 2.10. The topological polar surface area (TPSA) is 62.6 Å². The van der Waals surface area contributed by atoms with Gasteiger partial charge in [-0.3, -0.25) is 4.90 Å². The van der Waals surface area contributed by atoms with Gasteiger partial charge in [0.2, 0.25) is 0 Å². The Kier molecular flexibility index (Phi) is 3.13. The Morgan fingerprint density at radius 1 is 1.31 bits per heavy atom. The van der Waals surface area contributed by atoms with E-state index in [4.69, 9.17) is 10.5 Å². The summed E-state index contributed by atoms with van der Waals surface area (Å²) in [7, 11) is 0. The van der Waals surface area contributed by atoms with E-state index < -0.39 is 0 Å². The second kappa shape index (κ2) is 4.58. The molecule has 3 aliphatic heterocycles. The van der Waals surface area contributed by atoms with Crippen LogP contribution in [0.3, 0.4) is 0 Å². The van der Waals surface area contributed by atoms with E-state index in [0.717, 1.165) is 39.0 Å². The van der Waals surface area contributed by atoms with E-state index in [-0.39, 0.29) is 12.1 Å². The van der Waals surface area contributed by atoms with Crippen LogP contribution in [0.25, 0.3) is 0 Å². The summed E-state index contributed by atoms with van der Waals surface area (Å²) in [6.07, 6.45) is 3.37. The summed E-state index contributed by atoms with van der Waals surface area (Å²) < 4.78 is 6.15. The summed E-state index contributed by atoms with van der Waals surface area (Å²) in [5.41, 5.74) is 6.06. The normalized spacial score (nSPS) is 44.8. The number of nitrogens with two attached hydrogens (primary N) is 1. The molecule has 3 unspecified atom stereocenters. The van der Waals surface area contributed by atoms with Crippen molar-refractivity contribution in [1.82, 2.24) is 15.5 Å². The van der Waals surface area contributed by atoms with Gasteiger partial charge in [0.1, 0.15) is 0 Å². The largest absolute Gasteiger partial charge is 0.372 e. The highest BCUT2D eigenvalue weighted by atomic mass is 16.5. The van der Waals surface area contributed by atoms with Gasteiger partial charge in [0.05, 0.1) is 18.4 Å². The maximum atomic E-state index is 6.15. The van der Waals surface area contributed by atoms with Crippen molar-refractivity contribution in [1.29, 1.82) is 0 Å². The third-order valence-corrected chi connectivity index (χ3v) is 3.97. The van der Waals surface area contributed by atoms with Gasteiger partial charge in [0, 0.05) is 38.6 Å². The van der Waals surface area contributed by atoms with Gasteiger partial charge in [-0.2, -0.15) is 0 Å². The molecule has 4 N–H and O–H groups in total. The predicted molar refractivity (Wildman–Crippen MR) is 62.1 cm³/mol. The molecule has 0 aromatic rings. The molecule has 0 radical (unpaired) electrons. The van der Waals surface area contributed by atoms with Crippen LogP contribution in [0.5, 0.6) is 0 Å². The Hall–Kier alpha value is -0.200. The maximum absolute atomic E-state index is 6.15. The van der Waals surface area contributed by atoms with Crippen LogP contribution in [0.15, 0.2) is 0 Å². The van der Waals surface area contributed by atoms with Crippen LogP contribution in [-0.2, 0) is 4.74 Å². The first-order valence-corrected chi connectivity index (χ1v) is 6.42. The molecule has 3 heterocycles. The zero-order chi connectivity index (χ0) is 11.0. The summed E-state index contributed by atoms with van der Waals surface area (Å²) in [5, 5.41) is 6.80. The zero-order valence-electron chi connectivity index (χ0n) is 9.69. The summed E-state index contributed by atoms with van der Waals surface area (Å²) in [4.78, 5) is 2.48. The molecular formula is C11H22N4O. The number of hydrogen-bond acceptors (Lipinski definition) is 5. The van der Waals surface area contributed by atoms with Gasteiger partial charge < -0.3 is 21.1 Å². The van der Waals surface area contributed by atoms with E-state index in [1.807, 2.05) is 0 Å². The average molecular weight is 226 g/mol. The molecular weight excluding hydrogens is 204 g/mol. The quantitative estimate of drug-likeness (QED) is 0.546. The molecule has 5 nitrogen and oxygen atoms in total. The number of hydrogen-bond donors (Lipinski definition) is 3. The van der Waals surface area contributed by atoms with E-state index in [1.54, 1.807) is 0 Å². The van der Waals surface area contributed by atoms with Gasteiger partial charge in [0.15, 0.2) is 0 Å². The van der Waals surface area contributed by atoms with Crippen LogP contribution in [0.2, 0.25) is 0 Å². The van der Waals surface area contributed by atoms with Crippen molar-refractivity contribution in [3.63, 3.8) is 0 Å². The zero-order valence-corrected chi connectivity index (χ0v) is 9.69. The van der Waals surface area contributed by atoms with E-state index >= 15 is 0 Å². The van der Waals surface area contributed by atoms with Gasteiger partial charge in [-0.1, -0.05) is 0 Å². The first kappa shape index (κ1) is 10.9. The van der Waals surface area contributed by atoms with Gasteiger partial charge in [0.25, 0.3) is 0 Å². The SMILES string of the molecule is NC1CNCCC1O[C@@H]1CC2NCCN2C1. The molecule has 3 aliphatic rings. The molecule has 3 rings (SSSR count). The Morgan fingerprint density at radius 2 is 2.25 bits per heavy atom. The smallest absolute Gasteiger partial charge is 0.0754 e. The minimum Gasteiger partial charge on any atom is -0.372 e. The summed E-state index contributed by atoms with van der Waals surface area (Å²) >= 11 is 0. The van der Waals surface area contributed by atoms with Crippen LogP contribution in [0, 0.1) is 0 Å². The molecule has 0 aromatic carbocycles. The highest BCUT2D eigenvalue weighted by Crippen LogP contribution is 2.23. The van der Waals surface area contributed by atoms with E-state index in [9.17, 15) is 0 Å². The molecule has 0 aromatic heterocycles. The van der Waals surface area contributed by atoms with Gasteiger partial charge in [-0.05, 0) is 13.0 Å². The van der Waals surface area contributed by atoms with Gasteiger partial charge >= 0.3 is 0 Å². The van der Waals surface area contributed by atoms with Crippen molar-refractivity contribution in [2.24, 2.45) is 5.73 Å². The Balaban J connectivity index is 1.51. The van der Waals surface area contributed by atoms with Crippen molar-refractivity contribution in [2.45, 2.75) is 37.3 Å². The van der Waals surface area contributed by atoms with Crippen molar-refractivity contribution >= 4 is 0 Å². The molecule has 5 heteroatoms. The van der Waals surface area contributed by atoms with Crippen LogP contribution in [0.4, 0.5) is 0 Å². The first-order chi connectivity index (χ1) is 7.83. The van der Waals surface area contributed by atoms with Crippen molar-refractivity contribution in [3.8, 4) is 0 Å². The molecule has 16 heavy (non-hydrogen) atoms. The van der Waals surface area contributed by atoms with Crippen LogP contribution in [-0.4, -0.2) is 62.0 Å². The molecule has 3 fully saturated rings. The van der Waals surface area contributed by atoms with E-state index in [2.05, 4.69) is 15.5 Å². The number of nitrogens with zero attached hydrogens (tertiary/aromatic N) is 1. The standard InChI is InChI=1S/C11H22N4O/c12-9-6-13-2-1-10(9)16-8-5-11-14-3-4-15(11)7-8/h8-11,13-14H,1-7,12H2/t8-,9?,10?,11?/m1/s1. The third-order valence-electron chi connectivity index (χ3n) is 3.97. The Labute approximate surface area is 96.7 Å². The highest BCUT2D eigenvalue weighted by molar-refractivity contribution is 4.91. The molecule has 0 amide bonds. The minimum atomic E-state index is 0.164. The molecule has 0 bridgehead atoms. The fraction of sp³-hybridized carbons (Fsp3) is 1.00. The maximum Gasteiger partial charge on any atom is 0.0754 e. The monoisotopic (exact) mass is 226 g/mol. The van der Waals surface area contributed by atoms with E-state index in [1.165, 1.54) is 6.54 Å². The van der Waals surface area contributed by atoms with Crippen LogP contribution < -0.4 is 16.4 Å². The van der Waals surface area contributed by atoms with Crippen LogP contribution >= 0.6 is 0 Å². The lowest BCUT2D eigenvalue weighted by Gasteiger charge is -2.31. The lowest BCUT2D eigenvalue weighted by molar-refractivity contribution is -0.0310. The van der Waals surface area contributed by atoms with Crippen molar-refractivity contribution in [3.05, 3.63) is 0 Å². The Bertz CT molecular complexity index is 238. The molecule has 0 spiro atoms. The molecule has 3 saturated heterocycles. The fourth-order valence-corrected chi connectivity index (χ4v) is 3.07. The number of ether oxygens (including phenoxy) is 1. The Morgan fingerprint density at radius 3 is 3.06 bits per heavy atom. The molecule has 4 atom stereocenters. The van der Waals surface area contributed by atoms with Gasteiger partial charge in [-0.25, -0.2) is 0 Å². The fourth-order valence-electron chi connectivity index (χ4n) is 3.07. The number of piperidine rings is 1. The minimum absolute atomic E-state index is 0.164. The lowest BCUT2D eigenvalue weighted by atomic mass is 10.0. The first-order valence-electron chi connectivity index (χ1n) is 6.42. The number of nitrogens with one attached hydrogen (secondary N) is 2. The summed E-state index contributed by atoms with van der Waals surface area (Å²) in [6.45, 7) is 5.31. The number of rotatable bonds is 2. The summed E-state index contributed by atoms with van der Waals surface area (Å²) in [5.74, 6) is 0. The second-order valence-electron chi connectivity index (χ2n) is 5.15. The van der Waals surface area contributed by atoms with Crippen LogP contribution in [0.1, 0.15) is 12.8 Å². The lowest BCUT2D eigenvalue weighted by Crippen LogP contribution is -2.51. The molecule has 0 saturated carbocycles. The molecule has 92 valence electrons. The van der Waals surface area contributed by atoms with E-state index in [0.29, 0.717) is 12.3 Å². The second-order valence-corrected chi connectivity index (χ2v) is 5.15. The highest BCUT2D eigenvalue weighted by Gasteiger charge is 2.37. The van der Waals surface area contributed by atoms with Crippen molar-refractivity contribution < 1.29 is 4.74 Å². The number of fused-ring (bicyclic) bond motifs is 1. The molecule has 0 aliphatic carbocycles. The summed E-state index contributed by atoms with van der Waals surface area (Å²) in [6, 6.07) is 0.164. The van der Waals surface area contributed by atoms with Gasteiger partial charge in [-0.15, -0.1) is 0 Å². The van der Waals surface area contributed by atoms with Crippen molar-refractivity contribution in [2.75, 3.05) is 32.7 Å². The average Bonchev–Trinajstić information content (AvgIpc) is 2.81.